The van der Waals surface area contributed by atoms with E-state index >= 15 is 0 Å². The maximum absolute atomic E-state index is 11.6. The fourth-order valence-electron chi connectivity index (χ4n) is 1.01. The van der Waals surface area contributed by atoms with E-state index in [9.17, 15) is 4.79 Å². The van der Waals surface area contributed by atoms with Crippen molar-refractivity contribution in [1.82, 2.24) is 4.57 Å². The van der Waals surface area contributed by atoms with E-state index in [2.05, 4.69) is 15.9 Å². The van der Waals surface area contributed by atoms with Crippen molar-refractivity contribution in [3.63, 3.8) is 0 Å². The van der Waals surface area contributed by atoms with Crippen molar-refractivity contribution in [3.05, 3.63) is 27.0 Å². The highest BCUT2D eigenvalue weighted by Crippen LogP contribution is 2.06. The zero-order valence-electron chi connectivity index (χ0n) is 8.40. The lowest BCUT2D eigenvalue weighted by Gasteiger charge is -2.09. The van der Waals surface area contributed by atoms with Crippen LogP contribution in [0.25, 0.3) is 0 Å². The molecule has 2 N–H and O–H groups in total. The number of nitrogen functional groups attached to an aromatic ring is 1. The molecule has 0 aliphatic heterocycles. The molecule has 0 amide bonds. The van der Waals surface area contributed by atoms with Gasteiger partial charge in [0.1, 0.15) is 6.94 Å². The zero-order chi connectivity index (χ0) is 11.3. The van der Waals surface area contributed by atoms with Gasteiger partial charge in [-0.1, -0.05) is 0 Å². The number of pyridine rings is 1. The highest BCUT2D eigenvalue weighted by atomic mass is 79.9. The van der Waals surface area contributed by atoms with Crippen LogP contribution in [-0.2, 0) is 11.3 Å². The SMILES string of the molecule is [3H]SCOCCn1c(N)ccc(Br)c1=O. The number of anilines is 1. The van der Waals surface area contributed by atoms with E-state index in [0.717, 1.165) is 12.5 Å². The summed E-state index contributed by atoms with van der Waals surface area (Å²) in [6.07, 6.45) is 0. The largest absolute Gasteiger partial charge is 0.385 e. The third-order valence-electron chi connectivity index (χ3n) is 1.70. The molecule has 0 atom stereocenters. The minimum absolute atomic E-state index is 0.169. The highest BCUT2D eigenvalue weighted by Gasteiger charge is 2.03. The van der Waals surface area contributed by atoms with Gasteiger partial charge >= 0.3 is 0 Å². The summed E-state index contributed by atoms with van der Waals surface area (Å²) in [5.41, 5.74) is 5.48. The van der Waals surface area contributed by atoms with E-state index in [0.29, 0.717) is 29.4 Å². The van der Waals surface area contributed by atoms with E-state index < -0.39 is 0 Å². The molecular formula is C8H11BrN2O2S. The van der Waals surface area contributed by atoms with Gasteiger partial charge in [0.2, 0.25) is 0 Å². The molecule has 0 aliphatic rings. The first-order chi connectivity index (χ1) is 7.16. The van der Waals surface area contributed by atoms with Gasteiger partial charge in [0.15, 0.2) is 0 Å². The van der Waals surface area contributed by atoms with E-state index in [1.165, 1.54) is 4.57 Å². The maximum atomic E-state index is 11.6. The Morgan fingerprint density at radius 1 is 1.71 bits per heavy atom. The van der Waals surface area contributed by atoms with Crippen LogP contribution in [0.1, 0.15) is 0 Å². The summed E-state index contributed by atoms with van der Waals surface area (Å²) in [6, 6.07) is 3.28. The molecule has 0 radical (unpaired) electrons. The first-order valence-electron chi connectivity index (χ1n) is 4.38. The molecule has 0 aromatic carbocycles. The van der Waals surface area contributed by atoms with E-state index in [4.69, 9.17) is 11.6 Å². The number of rotatable bonds is 5. The lowest BCUT2D eigenvalue weighted by Crippen LogP contribution is -2.25. The van der Waals surface area contributed by atoms with Crippen molar-refractivity contribution in [1.29, 1.82) is 1.12 Å². The predicted molar refractivity (Wildman–Crippen MR) is 62.6 cm³/mol. The molecule has 0 unspecified atom stereocenters. The van der Waals surface area contributed by atoms with Gasteiger partial charge in [-0.25, -0.2) is 0 Å². The quantitative estimate of drug-likeness (QED) is 0.482. The molecule has 78 valence electrons. The first-order valence-corrected chi connectivity index (χ1v) is 5.34. The lowest BCUT2D eigenvalue weighted by molar-refractivity contribution is 0.173. The van der Waals surface area contributed by atoms with Crippen LogP contribution in [0.4, 0.5) is 5.82 Å². The van der Waals surface area contributed by atoms with Crippen molar-refractivity contribution >= 4 is 34.3 Å². The first kappa shape index (κ1) is 10.1. The molecule has 6 heteroatoms. The summed E-state index contributed by atoms with van der Waals surface area (Å²) in [5, 5.41) is 0. The molecule has 1 rings (SSSR count). The Balaban J connectivity index is 2.68. The van der Waals surface area contributed by atoms with Crippen molar-refractivity contribution in [2.75, 3.05) is 18.3 Å². The molecule has 1 aromatic heterocycles. The minimum atomic E-state index is -0.169. The van der Waals surface area contributed by atoms with Gasteiger partial charge in [-0.05, 0) is 28.1 Å². The van der Waals surface area contributed by atoms with Gasteiger partial charge in [-0.2, -0.15) is 12.5 Å². The molecule has 0 saturated heterocycles. The molecule has 4 nitrogen and oxygen atoms in total. The van der Waals surface area contributed by atoms with Crippen LogP contribution in [0.15, 0.2) is 21.4 Å². The third kappa shape index (κ3) is 2.76. The van der Waals surface area contributed by atoms with Gasteiger partial charge in [0.05, 0.1) is 23.6 Å². The number of nitrogens with zero attached hydrogens (tertiary/aromatic N) is 1. The second-order valence-corrected chi connectivity index (χ2v) is 3.68. The topological polar surface area (TPSA) is 57.2 Å². The van der Waals surface area contributed by atoms with Crippen LogP contribution in [0.2, 0.25) is 0 Å². The van der Waals surface area contributed by atoms with Gasteiger partial charge < -0.3 is 10.5 Å². The molecule has 0 aliphatic carbocycles. The van der Waals surface area contributed by atoms with Crippen LogP contribution in [0.5, 0.6) is 0 Å². The van der Waals surface area contributed by atoms with Crippen molar-refractivity contribution in [2.24, 2.45) is 0 Å². The third-order valence-corrected chi connectivity index (χ3v) is 2.47. The molecule has 0 spiro atoms. The second kappa shape index (κ2) is 5.43. The Labute approximate surface area is 96.7 Å². The average molecular weight is 281 g/mol. The second-order valence-electron chi connectivity index (χ2n) is 2.59. The normalized spacial score (nSPS) is 11.4. The molecular weight excluding hydrogens is 268 g/mol. The lowest BCUT2D eigenvalue weighted by atomic mass is 10.4. The predicted octanol–water partition coefficient (Wildman–Crippen LogP) is 1.10. The Morgan fingerprint density at radius 3 is 3.21 bits per heavy atom. The fraction of sp³-hybridized carbons (Fsp3) is 0.375. The molecule has 0 bridgehead atoms. The van der Waals surface area contributed by atoms with Gasteiger partial charge in [-0.15, -0.1) is 0 Å². The average Bonchev–Trinajstić information content (AvgIpc) is 2.23. The molecule has 1 heterocycles. The summed E-state index contributed by atoms with van der Waals surface area (Å²) >= 11 is 3.99. The van der Waals surface area contributed by atoms with Crippen molar-refractivity contribution < 1.29 is 4.74 Å². The summed E-state index contributed by atoms with van der Waals surface area (Å²) < 4.78 is 13.8. The smallest absolute Gasteiger partial charge is 0.266 e. The summed E-state index contributed by atoms with van der Waals surface area (Å²) in [5.74, 6) is 0.702. The van der Waals surface area contributed by atoms with E-state index in [1.807, 2.05) is 0 Å². The van der Waals surface area contributed by atoms with Crippen LogP contribution in [-0.4, -0.2) is 18.2 Å². The molecule has 1 aromatic rings. The van der Waals surface area contributed by atoms with Crippen LogP contribution in [0.3, 0.4) is 0 Å². The Bertz CT molecular complexity index is 385. The number of aromatic nitrogens is 1. The Kier molecular flexibility index (Phi) is 3.90. The summed E-state index contributed by atoms with van der Waals surface area (Å²) in [6.45, 7) is 0.761. The molecule has 0 saturated carbocycles. The number of hydrogen-bond donors (Lipinski definition) is 2. The fourth-order valence-corrected chi connectivity index (χ4v) is 1.48. The Morgan fingerprint density at radius 2 is 2.50 bits per heavy atom. The van der Waals surface area contributed by atoms with Crippen LogP contribution >= 0.6 is 28.5 Å². The van der Waals surface area contributed by atoms with Crippen LogP contribution < -0.4 is 11.3 Å². The van der Waals surface area contributed by atoms with Gasteiger partial charge in [0, 0.05) is 0 Å². The van der Waals surface area contributed by atoms with Crippen LogP contribution in [0, 0.1) is 0 Å². The van der Waals surface area contributed by atoms with Crippen molar-refractivity contribution in [3.8, 4) is 0 Å². The number of hydrogen-bond acceptors (Lipinski definition) is 4. The number of halogens is 1. The number of ether oxygens (including phenoxy) is 1. The summed E-state index contributed by atoms with van der Waals surface area (Å²) in [7, 11) is 0. The van der Waals surface area contributed by atoms with Gasteiger partial charge in [0.25, 0.3) is 5.56 Å². The highest BCUT2D eigenvalue weighted by molar-refractivity contribution is 9.10. The van der Waals surface area contributed by atoms with E-state index in [-0.39, 0.29) is 5.56 Å². The van der Waals surface area contributed by atoms with Crippen molar-refractivity contribution in [2.45, 2.75) is 6.54 Å². The molecule has 0 fully saturated rings. The minimum Gasteiger partial charge on any atom is -0.385 e. The summed E-state index contributed by atoms with van der Waals surface area (Å²) in [4.78, 5) is 11.6. The maximum Gasteiger partial charge on any atom is 0.266 e. The zero-order valence-corrected chi connectivity index (χ0v) is 9.81. The van der Waals surface area contributed by atoms with Gasteiger partial charge in [-0.3, -0.25) is 9.36 Å². The molecule has 14 heavy (non-hydrogen) atoms. The number of thiol groups is 1. The standard InChI is InChI=1S/C8H11BrN2O2S/c9-6-1-2-7(10)11(8(6)12)3-4-13-5-14/h1-2,14H,3-5,10H2/i/hT. The van der Waals surface area contributed by atoms with E-state index in [1.54, 1.807) is 12.1 Å². The number of nitrogens with two attached hydrogens (primary N) is 1. The monoisotopic (exact) mass is 280 g/mol. The Hall–Kier alpha value is -0.460.